The SMILES string of the molecule is CCC(CC)N(CC(C)C)C(=O)c1cccc(Cl)c1N. The van der Waals surface area contributed by atoms with E-state index in [1.165, 1.54) is 0 Å². The molecule has 0 aliphatic heterocycles. The van der Waals surface area contributed by atoms with Crippen molar-refractivity contribution < 1.29 is 4.79 Å². The van der Waals surface area contributed by atoms with Crippen molar-refractivity contribution in [2.75, 3.05) is 12.3 Å². The predicted molar refractivity (Wildman–Crippen MR) is 86.1 cm³/mol. The minimum atomic E-state index is -0.0209. The van der Waals surface area contributed by atoms with Gasteiger partial charge < -0.3 is 10.6 Å². The highest BCUT2D eigenvalue weighted by Gasteiger charge is 2.25. The molecule has 1 amide bonds. The molecule has 3 nitrogen and oxygen atoms in total. The Morgan fingerprint density at radius 3 is 2.40 bits per heavy atom. The fourth-order valence-electron chi connectivity index (χ4n) is 2.40. The number of carbonyl (C=O) groups is 1. The number of anilines is 1. The van der Waals surface area contributed by atoms with E-state index in [0.717, 1.165) is 19.4 Å². The number of benzene rings is 1. The molecule has 0 heterocycles. The molecule has 0 spiro atoms. The lowest BCUT2D eigenvalue weighted by Crippen LogP contribution is -2.42. The van der Waals surface area contributed by atoms with Gasteiger partial charge in [-0.05, 0) is 30.9 Å². The van der Waals surface area contributed by atoms with Crippen molar-refractivity contribution >= 4 is 23.2 Å². The molecule has 1 aromatic carbocycles. The topological polar surface area (TPSA) is 46.3 Å². The third-order valence-corrected chi connectivity index (χ3v) is 3.82. The van der Waals surface area contributed by atoms with Crippen molar-refractivity contribution in [1.29, 1.82) is 0 Å². The van der Waals surface area contributed by atoms with Gasteiger partial charge in [-0.1, -0.05) is 45.4 Å². The second-order valence-electron chi connectivity index (χ2n) is 5.52. The number of para-hydroxylation sites is 1. The van der Waals surface area contributed by atoms with E-state index in [1.54, 1.807) is 18.2 Å². The summed E-state index contributed by atoms with van der Waals surface area (Å²) in [4.78, 5) is 14.7. The Hall–Kier alpha value is -1.22. The second kappa shape index (κ2) is 7.53. The molecule has 0 saturated heterocycles. The van der Waals surface area contributed by atoms with Crippen molar-refractivity contribution in [2.24, 2.45) is 5.92 Å². The van der Waals surface area contributed by atoms with E-state index < -0.39 is 0 Å². The summed E-state index contributed by atoms with van der Waals surface area (Å²) >= 11 is 6.02. The average molecular weight is 297 g/mol. The normalized spacial score (nSPS) is 11.2. The number of rotatable bonds is 6. The van der Waals surface area contributed by atoms with Gasteiger partial charge in [-0.15, -0.1) is 0 Å². The van der Waals surface area contributed by atoms with Crippen LogP contribution in [0.3, 0.4) is 0 Å². The molecule has 0 radical (unpaired) electrons. The first-order valence-electron chi connectivity index (χ1n) is 7.27. The molecule has 0 unspecified atom stereocenters. The van der Waals surface area contributed by atoms with E-state index in [9.17, 15) is 4.79 Å². The highest BCUT2D eigenvalue weighted by molar-refractivity contribution is 6.33. The zero-order valence-electron chi connectivity index (χ0n) is 12.8. The van der Waals surface area contributed by atoms with Crippen LogP contribution < -0.4 is 5.73 Å². The highest BCUT2D eigenvalue weighted by atomic mass is 35.5. The van der Waals surface area contributed by atoms with Crippen LogP contribution in [0.25, 0.3) is 0 Å². The summed E-state index contributed by atoms with van der Waals surface area (Å²) in [6.07, 6.45) is 1.88. The average Bonchev–Trinajstić information content (AvgIpc) is 2.41. The summed E-state index contributed by atoms with van der Waals surface area (Å²) in [6.45, 7) is 9.18. The lowest BCUT2D eigenvalue weighted by atomic mass is 10.0. The van der Waals surface area contributed by atoms with Crippen molar-refractivity contribution in [3.05, 3.63) is 28.8 Å². The number of carbonyl (C=O) groups excluding carboxylic acids is 1. The summed E-state index contributed by atoms with van der Waals surface area (Å²) in [6, 6.07) is 5.46. The monoisotopic (exact) mass is 296 g/mol. The van der Waals surface area contributed by atoms with Crippen LogP contribution in [0, 0.1) is 5.92 Å². The van der Waals surface area contributed by atoms with Crippen molar-refractivity contribution in [3.63, 3.8) is 0 Å². The van der Waals surface area contributed by atoms with Crippen LogP contribution in [-0.2, 0) is 0 Å². The highest BCUT2D eigenvalue weighted by Crippen LogP contribution is 2.25. The summed E-state index contributed by atoms with van der Waals surface area (Å²) in [5.41, 5.74) is 6.83. The molecule has 0 saturated carbocycles. The summed E-state index contributed by atoms with van der Waals surface area (Å²) < 4.78 is 0. The first-order chi connectivity index (χ1) is 9.42. The molecular weight excluding hydrogens is 272 g/mol. The molecule has 1 aromatic rings. The minimum absolute atomic E-state index is 0.0209. The zero-order valence-corrected chi connectivity index (χ0v) is 13.6. The molecule has 1 rings (SSSR count). The quantitative estimate of drug-likeness (QED) is 0.799. The summed E-state index contributed by atoms with van der Waals surface area (Å²) in [5.74, 6) is 0.396. The van der Waals surface area contributed by atoms with Gasteiger partial charge in [-0.25, -0.2) is 0 Å². The van der Waals surface area contributed by atoms with Gasteiger partial charge in [0.05, 0.1) is 16.3 Å². The Balaban J connectivity index is 3.12. The number of hydrogen-bond donors (Lipinski definition) is 1. The molecule has 2 N–H and O–H groups in total. The van der Waals surface area contributed by atoms with Gasteiger partial charge in [0.1, 0.15) is 0 Å². The first-order valence-corrected chi connectivity index (χ1v) is 7.65. The zero-order chi connectivity index (χ0) is 15.3. The number of hydrogen-bond acceptors (Lipinski definition) is 2. The van der Waals surface area contributed by atoms with Gasteiger partial charge in [0.25, 0.3) is 5.91 Å². The first kappa shape index (κ1) is 16.8. The van der Waals surface area contributed by atoms with E-state index in [-0.39, 0.29) is 11.9 Å². The van der Waals surface area contributed by atoms with E-state index in [1.807, 2.05) is 4.90 Å². The van der Waals surface area contributed by atoms with Crippen LogP contribution in [0.15, 0.2) is 18.2 Å². The van der Waals surface area contributed by atoms with Crippen LogP contribution >= 0.6 is 11.6 Å². The fraction of sp³-hybridized carbons (Fsp3) is 0.562. The standard InChI is InChI=1S/C16H25ClN2O/c1-5-12(6-2)19(10-11(3)4)16(20)13-8-7-9-14(17)15(13)18/h7-9,11-12H,5-6,10,18H2,1-4H3. The molecule has 20 heavy (non-hydrogen) atoms. The molecule has 0 aliphatic carbocycles. The number of halogens is 1. The van der Waals surface area contributed by atoms with Crippen molar-refractivity contribution in [3.8, 4) is 0 Å². The van der Waals surface area contributed by atoms with Crippen molar-refractivity contribution in [1.82, 2.24) is 4.90 Å². The minimum Gasteiger partial charge on any atom is -0.397 e. The van der Waals surface area contributed by atoms with E-state index >= 15 is 0 Å². The number of nitrogens with two attached hydrogens (primary N) is 1. The smallest absolute Gasteiger partial charge is 0.256 e. The molecule has 0 bridgehead atoms. The van der Waals surface area contributed by atoms with Crippen LogP contribution in [0.2, 0.25) is 5.02 Å². The van der Waals surface area contributed by atoms with Gasteiger partial charge in [0.15, 0.2) is 0 Å². The Labute approximate surface area is 127 Å². The Bertz CT molecular complexity index is 456. The molecule has 0 aliphatic rings. The fourth-order valence-corrected chi connectivity index (χ4v) is 2.57. The molecule has 0 aromatic heterocycles. The van der Waals surface area contributed by atoms with Crippen LogP contribution in [-0.4, -0.2) is 23.4 Å². The van der Waals surface area contributed by atoms with Gasteiger partial charge in [-0.2, -0.15) is 0 Å². The van der Waals surface area contributed by atoms with Gasteiger partial charge >= 0.3 is 0 Å². The van der Waals surface area contributed by atoms with E-state index in [4.69, 9.17) is 17.3 Å². The van der Waals surface area contributed by atoms with Crippen LogP contribution in [0.1, 0.15) is 50.9 Å². The molecule has 4 heteroatoms. The lowest BCUT2D eigenvalue weighted by Gasteiger charge is -2.32. The number of amides is 1. The Morgan fingerprint density at radius 2 is 1.90 bits per heavy atom. The summed E-state index contributed by atoms with van der Waals surface area (Å²) in [5, 5.41) is 0.435. The van der Waals surface area contributed by atoms with Crippen LogP contribution in [0.4, 0.5) is 5.69 Å². The molecular formula is C16H25ClN2O. The maximum Gasteiger partial charge on any atom is 0.256 e. The predicted octanol–water partition coefficient (Wildman–Crippen LogP) is 4.21. The molecule has 112 valence electrons. The van der Waals surface area contributed by atoms with Gasteiger partial charge in [0, 0.05) is 12.6 Å². The van der Waals surface area contributed by atoms with Gasteiger partial charge in [-0.3, -0.25) is 4.79 Å². The largest absolute Gasteiger partial charge is 0.397 e. The van der Waals surface area contributed by atoms with Gasteiger partial charge in [0.2, 0.25) is 0 Å². The Morgan fingerprint density at radius 1 is 1.30 bits per heavy atom. The van der Waals surface area contributed by atoms with Crippen molar-refractivity contribution in [2.45, 2.75) is 46.6 Å². The lowest BCUT2D eigenvalue weighted by molar-refractivity contribution is 0.0641. The summed E-state index contributed by atoms with van der Waals surface area (Å²) in [7, 11) is 0. The van der Waals surface area contributed by atoms with E-state index in [2.05, 4.69) is 27.7 Å². The number of nitrogens with zero attached hydrogens (tertiary/aromatic N) is 1. The second-order valence-corrected chi connectivity index (χ2v) is 5.93. The maximum absolute atomic E-state index is 12.8. The Kier molecular flexibility index (Phi) is 6.34. The third-order valence-electron chi connectivity index (χ3n) is 3.49. The number of nitrogen functional groups attached to an aromatic ring is 1. The molecule has 0 atom stereocenters. The molecule has 0 fully saturated rings. The third kappa shape index (κ3) is 3.89. The van der Waals surface area contributed by atoms with E-state index in [0.29, 0.717) is 22.2 Å². The maximum atomic E-state index is 12.8. The van der Waals surface area contributed by atoms with Crippen LogP contribution in [0.5, 0.6) is 0 Å².